The smallest absolute Gasteiger partial charge is 0.168 e. The van der Waals surface area contributed by atoms with Gasteiger partial charge < -0.3 is 10.2 Å². The summed E-state index contributed by atoms with van der Waals surface area (Å²) < 4.78 is 12.5. The van der Waals surface area contributed by atoms with Crippen molar-refractivity contribution in [3.05, 3.63) is 23.5 Å². The lowest BCUT2D eigenvalue weighted by molar-refractivity contribution is 0.122. The molecule has 12 heavy (non-hydrogen) atoms. The van der Waals surface area contributed by atoms with Gasteiger partial charge in [-0.25, -0.2) is 10.3 Å². The van der Waals surface area contributed by atoms with E-state index in [-0.39, 0.29) is 17.9 Å². The van der Waals surface area contributed by atoms with Gasteiger partial charge in [0.1, 0.15) is 5.75 Å². The van der Waals surface area contributed by atoms with Gasteiger partial charge in [-0.2, -0.15) is 0 Å². The highest BCUT2D eigenvalue weighted by atomic mass is 19.1. The van der Waals surface area contributed by atoms with Crippen molar-refractivity contribution in [2.24, 2.45) is 5.90 Å². The molecule has 0 aliphatic rings. The third-order valence-electron chi connectivity index (χ3n) is 1.39. The summed E-state index contributed by atoms with van der Waals surface area (Å²) in [6.07, 6.45) is 0. The summed E-state index contributed by atoms with van der Waals surface area (Å²) >= 11 is 0. The molecule has 0 saturated heterocycles. The number of phenols is 2. The maximum atomic E-state index is 12.5. The van der Waals surface area contributed by atoms with Crippen LogP contribution in [0.15, 0.2) is 12.1 Å². The summed E-state index contributed by atoms with van der Waals surface area (Å²) in [5, 5.41) is 17.9. The van der Waals surface area contributed by atoms with Gasteiger partial charge in [0.2, 0.25) is 0 Å². The van der Waals surface area contributed by atoms with E-state index in [9.17, 15) is 4.39 Å². The highest BCUT2D eigenvalue weighted by Crippen LogP contribution is 2.25. The van der Waals surface area contributed by atoms with Crippen molar-refractivity contribution in [2.45, 2.75) is 6.61 Å². The molecule has 0 amide bonds. The topological polar surface area (TPSA) is 75.7 Å². The van der Waals surface area contributed by atoms with Crippen LogP contribution in [-0.2, 0) is 11.4 Å². The van der Waals surface area contributed by atoms with Crippen LogP contribution in [0, 0.1) is 5.82 Å². The fourth-order valence-electron chi connectivity index (χ4n) is 0.800. The van der Waals surface area contributed by atoms with E-state index < -0.39 is 11.6 Å². The van der Waals surface area contributed by atoms with E-state index in [1.165, 1.54) is 0 Å². The molecular formula is C7H8FNO3. The molecule has 1 aromatic rings. The molecule has 1 aromatic carbocycles. The van der Waals surface area contributed by atoms with Crippen molar-refractivity contribution >= 4 is 0 Å². The number of aromatic hydroxyl groups is 2. The Morgan fingerprint density at radius 1 is 1.33 bits per heavy atom. The van der Waals surface area contributed by atoms with Gasteiger partial charge >= 0.3 is 0 Å². The van der Waals surface area contributed by atoms with E-state index in [0.717, 1.165) is 12.1 Å². The van der Waals surface area contributed by atoms with Gasteiger partial charge in [0, 0.05) is 11.6 Å². The van der Waals surface area contributed by atoms with Gasteiger partial charge in [0.25, 0.3) is 0 Å². The molecule has 66 valence electrons. The van der Waals surface area contributed by atoms with E-state index in [2.05, 4.69) is 4.84 Å². The fraction of sp³-hybridized carbons (Fsp3) is 0.143. The van der Waals surface area contributed by atoms with Gasteiger partial charge in [-0.15, -0.1) is 0 Å². The first kappa shape index (κ1) is 8.76. The van der Waals surface area contributed by atoms with E-state index in [4.69, 9.17) is 16.1 Å². The first-order valence-corrected chi connectivity index (χ1v) is 3.17. The van der Waals surface area contributed by atoms with Gasteiger partial charge in [0.15, 0.2) is 11.6 Å². The maximum absolute atomic E-state index is 12.5. The Kier molecular flexibility index (Phi) is 2.47. The van der Waals surface area contributed by atoms with Crippen molar-refractivity contribution in [3.63, 3.8) is 0 Å². The Morgan fingerprint density at radius 2 is 2.00 bits per heavy atom. The molecule has 0 aliphatic heterocycles. The molecule has 0 atom stereocenters. The predicted octanol–water partition coefficient (Wildman–Crippen LogP) is 0.627. The highest BCUT2D eigenvalue weighted by Gasteiger charge is 2.07. The van der Waals surface area contributed by atoms with Crippen LogP contribution in [0.4, 0.5) is 4.39 Å². The number of hydrogen-bond donors (Lipinski definition) is 3. The Hall–Kier alpha value is -1.33. The minimum Gasteiger partial charge on any atom is -0.507 e. The lowest BCUT2D eigenvalue weighted by Gasteiger charge is -2.03. The average Bonchev–Trinajstić information content (AvgIpc) is 2.01. The van der Waals surface area contributed by atoms with Crippen molar-refractivity contribution in [1.82, 2.24) is 0 Å². The van der Waals surface area contributed by atoms with Crippen molar-refractivity contribution < 1.29 is 19.4 Å². The molecule has 5 heteroatoms. The molecule has 1 rings (SSSR count). The van der Waals surface area contributed by atoms with E-state index >= 15 is 0 Å². The number of nitrogens with two attached hydrogens (primary N) is 1. The molecule has 0 bridgehead atoms. The molecule has 0 aromatic heterocycles. The number of benzene rings is 1. The molecule has 4 N–H and O–H groups in total. The third-order valence-corrected chi connectivity index (χ3v) is 1.39. The Labute approximate surface area is 68.0 Å². The number of rotatable bonds is 2. The summed E-state index contributed by atoms with van der Waals surface area (Å²) in [4.78, 5) is 4.21. The van der Waals surface area contributed by atoms with Crippen LogP contribution in [0.3, 0.4) is 0 Å². The van der Waals surface area contributed by atoms with Gasteiger partial charge in [0.05, 0.1) is 6.61 Å². The molecule has 4 nitrogen and oxygen atoms in total. The predicted molar refractivity (Wildman–Crippen MR) is 38.7 cm³/mol. The van der Waals surface area contributed by atoms with E-state index in [1.807, 2.05) is 0 Å². The number of hydrogen-bond acceptors (Lipinski definition) is 4. The van der Waals surface area contributed by atoms with Crippen LogP contribution < -0.4 is 5.90 Å². The molecule has 0 unspecified atom stereocenters. The Bertz CT molecular complexity index is 290. The third kappa shape index (κ3) is 1.63. The van der Waals surface area contributed by atoms with Crippen molar-refractivity contribution in [3.8, 4) is 11.5 Å². The maximum Gasteiger partial charge on any atom is 0.168 e. The quantitative estimate of drug-likeness (QED) is 0.452. The summed E-state index contributed by atoms with van der Waals surface area (Å²) in [7, 11) is 0. The monoisotopic (exact) mass is 173 g/mol. The molecule has 0 heterocycles. The molecule has 0 aliphatic carbocycles. The molecule has 0 saturated carbocycles. The summed E-state index contributed by atoms with van der Waals surface area (Å²) in [6.45, 7) is -0.0837. The zero-order chi connectivity index (χ0) is 9.14. The second-order valence-electron chi connectivity index (χ2n) is 2.24. The Morgan fingerprint density at radius 3 is 2.58 bits per heavy atom. The zero-order valence-electron chi connectivity index (χ0n) is 6.12. The lowest BCUT2D eigenvalue weighted by atomic mass is 10.2. The van der Waals surface area contributed by atoms with Gasteiger partial charge in [-0.05, 0) is 6.07 Å². The first-order chi connectivity index (χ1) is 5.65. The lowest BCUT2D eigenvalue weighted by Crippen LogP contribution is -1.99. The van der Waals surface area contributed by atoms with Crippen LogP contribution in [0.1, 0.15) is 5.56 Å². The van der Waals surface area contributed by atoms with Crippen LogP contribution >= 0.6 is 0 Å². The summed E-state index contributed by atoms with van der Waals surface area (Å²) in [6, 6.07) is 1.85. The average molecular weight is 173 g/mol. The number of halogens is 1. The van der Waals surface area contributed by atoms with Crippen LogP contribution in [0.25, 0.3) is 0 Å². The fourth-order valence-corrected chi connectivity index (χ4v) is 0.800. The van der Waals surface area contributed by atoms with E-state index in [1.54, 1.807) is 0 Å². The molecule has 0 radical (unpaired) electrons. The normalized spacial score (nSPS) is 10.2. The Balaban J connectivity index is 3.05. The first-order valence-electron chi connectivity index (χ1n) is 3.17. The van der Waals surface area contributed by atoms with Crippen LogP contribution in [-0.4, -0.2) is 10.2 Å². The summed E-state index contributed by atoms with van der Waals surface area (Å²) in [5.41, 5.74) is 0.233. The highest BCUT2D eigenvalue weighted by molar-refractivity contribution is 5.39. The zero-order valence-corrected chi connectivity index (χ0v) is 6.12. The molecule has 0 fully saturated rings. The van der Waals surface area contributed by atoms with Crippen molar-refractivity contribution in [1.29, 1.82) is 0 Å². The van der Waals surface area contributed by atoms with E-state index in [0.29, 0.717) is 0 Å². The van der Waals surface area contributed by atoms with Crippen LogP contribution in [0.2, 0.25) is 0 Å². The largest absolute Gasteiger partial charge is 0.507 e. The van der Waals surface area contributed by atoms with Crippen molar-refractivity contribution in [2.75, 3.05) is 0 Å². The number of phenolic OH excluding ortho intramolecular Hbond substituents is 2. The SMILES string of the molecule is NOCc1cc(O)c(F)cc1O. The minimum atomic E-state index is -0.881. The molecular weight excluding hydrogens is 165 g/mol. The minimum absolute atomic E-state index is 0.0837. The van der Waals surface area contributed by atoms with Gasteiger partial charge in [-0.1, -0.05) is 0 Å². The second kappa shape index (κ2) is 3.38. The van der Waals surface area contributed by atoms with Crippen LogP contribution in [0.5, 0.6) is 11.5 Å². The van der Waals surface area contributed by atoms with Gasteiger partial charge in [-0.3, -0.25) is 4.84 Å². The second-order valence-corrected chi connectivity index (χ2v) is 2.24. The summed E-state index contributed by atoms with van der Waals surface area (Å²) in [5.74, 6) is 3.01. The standard InChI is InChI=1S/C7H8FNO3/c8-5-2-6(10)4(3-12-9)1-7(5)11/h1-2,10-11H,3,9H2. The molecule has 0 spiro atoms.